The molecule has 6 heteroatoms. The maximum atomic E-state index is 13.0. The number of aromatic nitrogens is 2. The third-order valence-electron chi connectivity index (χ3n) is 4.13. The molecule has 0 aliphatic carbocycles. The Morgan fingerprint density at radius 1 is 1.41 bits per heavy atom. The van der Waals surface area contributed by atoms with Crippen LogP contribution in [0.3, 0.4) is 0 Å². The summed E-state index contributed by atoms with van der Waals surface area (Å²) in [5.74, 6) is 0.116. The van der Waals surface area contributed by atoms with E-state index in [2.05, 4.69) is 17.3 Å². The van der Waals surface area contributed by atoms with Gasteiger partial charge in [-0.05, 0) is 44.5 Å². The molecule has 0 bridgehead atoms. The molecule has 0 unspecified atom stereocenters. The molecule has 2 aromatic heterocycles. The number of rotatable bonds is 4. The van der Waals surface area contributed by atoms with Gasteiger partial charge in [-0.1, -0.05) is 13.0 Å². The van der Waals surface area contributed by atoms with E-state index in [4.69, 9.17) is 0 Å². The van der Waals surface area contributed by atoms with Gasteiger partial charge in [0.2, 0.25) is 0 Å². The number of piperidine rings is 1. The summed E-state index contributed by atoms with van der Waals surface area (Å²) >= 11 is 0. The van der Waals surface area contributed by atoms with Crippen LogP contribution in [-0.4, -0.2) is 46.1 Å². The molecular formula is C16H23ClN4O. The number of carbonyl (C=O) groups is 1. The number of carbonyl (C=O) groups excluding carboxylic acids is 1. The highest BCUT2D eigenvalue weighted by molar-refractivity contribution is 6.00. The van der Waals surface area contributed by atoms with Crippen LogP contribution in [0.1, 0.15) is 36.5 Å². The van der Waals surface area contributed by atoms with E-state index in [9.17, 15) is 4.79 Å². The van der Waals surface area contributed by atoms with Gasteiger partial charge in [0.1, 0.15) is 0 Å². The number of hydrogen-bond donors (Lipinski definition) is 1. The smallest absolute Gasteiger partial charge is 0.257 e. The minimum absolute atomic E-state index is 0. The molecule has 0 saturated carbocycles. The van der Waals surface area contributed by atoms with Crippen LogP contribution in [0.15, 0.2) is 30.6 Å². The SMILES string of the molecule is CCCN(C(=O)c1cnn2ccccc12)C1CCNCC1.Cl. The molecule has 0 atom stereocenters. The predicted molar refractivity (Wildman–Crippen MR) is 89.7 cm³/mol. The van der Waals surface area contributed by atoms with Crippen molar-refractivity contribution in [3.63, 3.8) is 0 Å². The molecule has 0 aromatic carbocycles. The van der Waals surface area contributed by atoms with Gasteiger partial charge in [0.25, 0.3) is 5.91 Å². The highest BCUT2D eigenvalue weighted by atomic mass is 35.5. The maximum Gasteiger partial charge on any atom is 0.257 e. The molecule has 3 rings (SSSR count). The first kappa shape index (κ1) is 16.8. The van der Waals surface area contributed by atoms with Crippen molar-refractivity contribution < 1.29 is 4.79 Å². The Balaban J connectivity index is 0.00000176. The van der Waals surface area contributed by atoms with E-state index in [0.29, 0.717) is 11.6 Å². The summed E-state index contributed by atoms with van der Waals surface area (Å²) in [5, 5.41) is 7.64. The van der Waals surface area contributed by atoms with Gasteiger partial charge >= 0.3 is 0 Å². The Morgan fingerprint density at radius 2 is 2.18 bits per heavy atom. The Bertz CT molecular complexity index is 621. The zero-order valence-electron chi connectivity index (χ0n) is 12.9. The van der Waals surface area contributed by atoms with Crippen LogP contribution in [0.2, 0.25) is 0 Å². The van der Waals surface area contributed by atoms with Gasteiger partial charge in [0.05, 0.1) is 17.3 Å². The fourth-order valence-corrected chi connectivity index (χ4v) is 3.06. The Morgan fingerprint density at radius 3 is 2.91 bits per heavy atom. The first-order valence-corrected chi connectivity index (χ1v) is 7.75. The molecular weight excluding hydrogens is 300 g/mol. The number of hydrogen-bond acceptors (Lipinski definition) is 3. The lowest BCUT2D eigenvalue weighted by atomic mass is 10.0. The molecule has 3 heterocycles. The molecule has 1 amide bonds. The molecule has 5 nitrogen and oxygen atoms in total. The quantitative estimate of drug-likeness (QED) is 0.940. The summed E-state index contributed by atoms with van der Waals surface area (Å²) in [5.41, 5.74) is 1.60. The highest BCUT2D eigenvalue weighted by Crippen LogP contribution is 2.19. The molecule has 1 aliphatic rings. The molecule has 2 aromatic rings. The summed E-state index contributed by atoms with van der Waals surface area (Å²) in [4.78, 5) is 15.0. The zero-order chi connectivity index (χ0) is 14.7. The van der Waals surface area contributed by atoms with E-state index in [1.807, 2.05) is 29.3 Å². The van der Waals surface area contributed by atoms with Crippen molar-refractivity contribution in [2.45, 2.75) is 32.2 Å². The molecule has 1 aliphatic heterocycles. The van der Waals surface area contributed by atoms with E-state index < -0.39 is 0 Å². The van der Waals surface area contributed by atoms with Crippen LogP contribution in [-0.2, 0) is 0 Å². The third kappa shape index (κ3) is 3.25. The van der Waals surface area contributed by atoms with Gasteiger partial charge in [0.15, 0.2) is 0 Å². The molecule has 22 heavy (non-hydrogen) atoms. The number of halogens is 1. The lowest BCUT2D eigenvalue weighted by Gasteiger charge is -2.34. The van der Waals surface area contributed by atoms with Crippen LogP contribution in [0.25, 0.3) is 5.52 Å². The van der Waals surface area contributed by atoms with E-state index in [1.165, 1.54) is 0 Å². The van der Waals surface area contributed by atoms with Gasteiger partial charge < -0.3 is 10.2 Å². The van der Waals surface area contributed by atoms with Crippen LogP contribution in [0, 0.1) is 0 Å². The van der Waals surface area contributed by atoms with E-state index >= 15 is 0 Å². The lowest BCUT2D eigenvalue weighted by molar-refractivity contribution is 0.0644. The normalized spacial score (nSPS) is 15.5. The largest absolute Gasteiger partial charge is 0.335 e. The van der Waals surface area contributed by atoms with Crippen molar-refractivity contribution in [1.29, 1.82) is 0 Å². The van der Waals surface area contributed by atoms with E-state index in [0.717, 1.165) is 44.4 Å². The summed E-state index contributed by atoms with van der Waals surface area (Å²) in [7, 11) is 0. The predicted octanol–water partition coefficient (Wildman–Crippen LogP) is 2.36. The topological polar surface area (TPSA) is 49.6 Å². The van der Waals surface area contributed by atoms with Crippen LogP contribution < -0.4 is 5.32 Å². The van der Waals surface area contributed by atoms with Crippen molar-refractivity contribution >= 4 is 23.8 Å². The fourth-order valence-electron chi connectivity index (χ4n) is 3.06. The Hall–Kier alpha value is -1.59. The first-order chi connectivity index (χ1) is 10.3. The van der Waals surface area contributed by atoms with Crippen molar-refractivity contribution in [2.75, 3.05) is 19.6 Å². The van der Waals surface area contributed by atoms with Crippen molar-refractivity contribution in [1.82, 2.24) is 19.8 Å². The Labute approximate surface area is 137 Å². The van der Waals surface area contributed by atoms with Crippen LogP contribution in [0.4, 0.5) is 0 Å². The third-order valence-corrected chi connectivity index (χ3v) is 4.13. The van der Waals surface area contributed by atoms with Gasteiger partial charge in [0, 0.05) is 18.8 Å². The molecule has 1 fully saturated rings. The molecule has 0 spiro atoms. The highest BCUT2D eigenvalue weighted by Gasteiger charge is 2.27. The van der Waals surface area contributed by atoms with Crippen molar-refractivity contribution in [3.05, 3.63) is 36.2 Å². The van der Waals surface area contributed by atoms with Crippen LogP contribution in [0.5, 0.6) is 0 Å². The van der Waals surface area contributed by atoms with Gasteiger partial charge in [-0.25, -0.2) is 4.52 Å². The first-order valence-electron chi connectivity index (χ1n) is 7.75. The zero-order valence-corrected chi connectivity index (χ0v) is 13.7. The number of nitrogens with zero attached hydrogens (tertiary/aromatic N) is 3. The minimum Gasteiger partial charge on any atom is -0.335 e. The van der Waals surface area contributed by atoms with Gasteiger partial charge in [-0.2, -0.15) is 5.10 Å². The maximum absolute atomic E-state index is 13.0. The molecule has 1 N–H and O–H groups in total. The van der Waals surface area contributed by atoms with Crippen molar-refractivity contribution in [3.8, 4) is 0 Å². The molecule has 1 saturated heterocycles. The average molecular weight is 323 g/mol. The van der Waals surface area contributed by atoms with Crippen molar-refractivity contribution in [2.24, 2.45) is 0 Å². The minimum atomic E-state index is 0. The summed E-state index contributed by atoms with van der Waals surface area (Å²) in [6, 6.07) is 6.16. The van der Waals surface area contributed by atoms with Gasteiger partial charge in [-0.3, -0.25) is 4.79 Å². The lowest BCUT2D eigenvalue weighted by Crippen LogP contribution is -2.46. The number of amides is 1. The summed E-state index contributed by atoms with van der Waals surface area (Å²) in [6.07, 6.45) is 6.62. The molecule has 0 radical (unpaired) electrons. The second-order valence-corrected chi connectivity index (χ2v) is 5.57. The standard InChI is InChI=1S/C16H22N4O.ClH/c1-2-10-19(13-6-8-17-9-7-13)16(21)14-12-18-20-11-4-3-5-15(14)20;/h3-5,11-13,17H,2,6-10H2,1H3;1H. The summed E-state index contributed by atoms with van der Waals surface area (Å²) < 4.78 is 1.76. The second kappa shape index (κ2) is 7.61. The molecule has 120 valence electrons. The van der Waals surface area contributed by atoms with E-state index in [-0.39, 0.29) is 18.3 Å². The monoisotopic (exact) mass is 322 g/mol. The summed E-state index contributed by atoms with van der Waals surface area (Å²) in [6.45, 7) is 4.92. The van der Waals surface area contributed by atoms with Gasteiger partial charge in [-0.15, -0.1) is 12.4 Å². The Kier molecular flexibility index (Phi) is 5.80. The number of fused-ring (bicyclic) bond motifs is 1. The average Bonchev–Trinajstić information content (AvgIpc) is 2.97. The second-order valence-electron chi connectivity index (χ2n) is 5.57. The van der Waals surface area contributed by atoms with E-state index in [1.54, 1.807) is 10.7 Å². The fraction of sp³-hybridized carbons (Fsp3) is 0.500. The number of nitrogens with one attached hydrogen (secondary N) is 1. The van der Waals surface area contributed by atoms with Crippen LogP contribution >= 0.6 is 12.4 Å². The number of pyridine rings is 1.